The van der Waals surface area contributed by atoms with Gasteiger partial charge in [0.1, 0.15) is 17.2 Å². The zero-order valence-electron chi connectivity index (χ0n) is 14.4. The van der Waals surface area contributed by atoms with Crippen molar-refractivity contribution in [2.75, 3.05) is 18.4 Å². The standard InChI is InChI=1S/C17H26F2N2O2/c1-11(2)12(10-21-16(22)23-17(3,4)5)9-20-15-8-13(18)6-7-14(15)19/h6-8,11-12,20H,9-10H2,1-5H3,(H,21,22). The summed E-state index contributed by atoms with van der Waals surface area (Å²) in [7, 11) is 0. The van der Waals surface area contributed by atoms with Gasteiger partial charge in [-0.15, -0.1) is 0 Å². The summed E-state index contributed by atoms with van der Waals surface area (Å²) in [6, 6.07) is 3.28. The summed E-state index contributed by atoms with van der Waals surface area (Å²) in [5.74, 6) is -0.713. The van der Waals surface area contributed by atoms with Crippen LogP contribution in [0.5, 0.6) is 0 Å². The number of halogens is 2. The molecule has 1 unspecified atom stereocenters. The third-order valence-electron chi connectivity index (χ3n) is 3.33. The first-order valence-electron chi connectivity index (χ1n) is 7.74. The number of amides is 1. The van der Waals surface area contributed by atoms with Crippen LogP contribution in [0.3, 0.4) is 0 Å². The van der Waals surface area contributed by atoms with E-state index in [-0.39, 0.29) is 17.5 Å². The molecule has 0 heterocycles. The summed E-state index contributed by atoms with van der Waals surface area (Å²) < 4.78 is 31.9. The first kappa shape index (κ1) is 19.2. The Morgan fingerprint density at radius 3 is 2.43 bits per heavy atom. The van der Waals surface area contributed by atoms with E-state index in [1.54, 1.807) is 20.8 Å². The molecule has 0 spiro atoms. The van der Waals surface area contributed by atoms with E-state index in [0.29, 0.717) is 13.1 Å². The number of benzene rings is 1. The van der Waals surface area contributed by atoms with Crippen LogP contribution < -0.4 is 10.6 Å². The van der Waals surface area contributed by atoms with Gasteiger partial charge >= 0.3 is 6.09 Å². The minimum atomic E-state index is -0.555. The molecular formula is C17H26F2N2O2. The Hall–Kier alpha value is -1.85. The van der Waals surface area contributed by atoms with Gasteiger partial charge in [-0.25, -0.2) is 13.6 Å². The van der Waals surface area contributed by atoms with E-state index in [2.05, 4.69) is 10.6 Å². The average Bonchev–Trinajstić information content (AvgIpc) is 2.40. The fourth-order valence-corrected chi connectivity index (χ4v) is 1.95. The Labute approximate surface area is 136 Å². The lowest BCUT2D eigenvalue weighted by Gasteiger charge is -2.24. The third kappa shape index (κ3) is 7.30. The lowest BCUT2D eigenvalue weighted by atomic mass is 9.95. The molecule has 0 fully saturated rings. The van der Waals surface area contributed by atoms with Crippen molar-refractivity contribution in [1.82, 2.24) is 5.32 Å². The number of carbonyl (C=O) groups excluding carboxylic acids is 1. The number of rotatable bonds is 6. The van der Waals surface area contributed by atoms with Gasteiger partial charge in [0, 0.05) is 13.1 Å². The van der Waals surface area contributed by atoms with Gasteiger partial charge in [0.25, 0.3) is 0 Å². The predicted molar refractivity (Wildman–Crippen MR) is 87.4 cm³/mol. The Morgan fingerprint density at radius 1 is 1.22 bits per heavy atom. The minimum Gasteiger partial charge on any atom is -0.444 e. The molecule has 1 atom stereocenters. The summed E-state index contributed by atoms with van der Waals surface area (Å²) >= 11 is 0. The SMILES string of the molecule is CC(C)C(CNC(=O)OC(C)(C)C)CNc1cc(F)ccc1F. The molecular weight excluding hydrogens is 302 g/mol. The molecule has 1 amide bonds. The highest BCUT2D eigenvalue weighted by Gasteiger charge is 2.19. The molecule has 0 aliphatic rings. The normalized spacial score (nSPS) is 12.9. The second kappa shape index (κ2) is 8.13. The van der Waals surface area contributed by atoms with Crippen molar-refractivity contribution in [3.63, 3.8) is 0 Å². The molecule has 130 valence electrons. The van der Waals surface area contributed by atoms with Gasteiger partial charge in [-0.2, -0.15) is 0 Å². The van der Waals surface area contributed by atoms with Crippen LogP contribution in [0.1, 0.15) is 34.6 Å². The summed E-state index contributed by atoms with van der Waals surface area (Å²) in [6.45, 7) is 10.2. The van der Waals surface area contributed by atoms with Gasteiger partial charge in [0.05, 0.1) is 5.69 Å². The Balaban J connectivity index is 2.56. The summed E-state index contributed by atoms with van der Waals surface area (Å²) in [6.07, 6.45) is -0.486. The predicted octanol–water partition coefficient (Wildman–Crippen LogP) is 4.17. The van der Waals surface area contributed by atoms with E-state index < -0.39 is 23.3 Å². The van der Waals surface area contributed by atoms with Crippen LogP contribution in [-0.2, 0) is 4.74 Å². The number of hydrogen-bond donors (Lipinski definition) is 2. The molecule has 1 aromatic carbocycles. The molecule has 0 aromatic heterocycles. The second-order valence-electron chi connectivity index (χ2n) is 6.89. The number of ether oxygens (including phenoxy) is 1. The van der Waals surface area contributed by atoms with Gasteiger partial charge in [-0.3, -0.25) is 0 Å². The zero-order valence-corrected chi connectivity index (χ0v) is 14.4. The highest BCUT2D eigenvalue weighted by molar-refractivity contribution is 5.67. The molecule has 0 aliphatic carbocycles. The molecule has 0 aliphatic heterocycles. The molecule has 0 saturated heterocycles. The fourth-order valence-electron chi connectivity index (χ4n) is 1.95. The summed E-state index contributed by atoms with van der Waals surface area (Å²) in [5.41, 5.74) is -0.437. The maximum atomic E-state index is 13.6. The average molecular weight is 328 g/mol. The second-order valence-corrected chi connectivity index (χ2v) is 6.89. The number of hydrogen-bond acceptors (Lipinski definition) is 3. The van der Waals surface area contributed by atoms with Crippen molar-refractivity contribution >= 4 is 11.8 Å². The van der Waals surface area contributed by atoms with Crippen LogP contribution in [0, 0.1) is 23.5 Å². The molecule has 0 radical (unpaired) electrons. The van der Waals surface area contributed by atoms with Gasteiger partial charge in [0.15, 0.2) is 0 Å². The van der Waals surface area contributed by atoms with Crippen LogP contribution in [0.15, 0.2) is 18.2 Å². The monoisotopic (exact) mass is 328 g/mol. The number of carbonyl (C=O) groups is 1. The van der Waals surface area contributed by atoms with E-state index >= 15 is 0 Å². The van der Waals surface area contributed by atoms with Crippen molar-refractivity contribution in [3.05, 3.63) is 29.8 Å². The van der Waals surface area contributed by atoms with E-state index in [4.69, 9.17) is 4.74 Å². The zero-order chi connectivity index (χ0) is 17.6. The number of nitrogens with one attached hydrogen (secondary N) is 2. The topological polar surface area (TPSA) is 50.4 Å². The molecule has 1 aromatic rings. The van der Waals surface area contributed by atoms with E-state index in [0.717, 1.165) is 18.2 Å². The van der Waals surface area contributed by atoms with Gasteiger partial charge in [-0.05, 0) is 50.8 Å². The Morgan fingerprint density at radius 2 is 1.87 bits per heavy atom. The van der Waals surface area contributed by atoms with Crippen LogP contribution in [-0.4, -0.2) is 24.8 Å². The Kier molecular flexibility index (Phi) is 6.79. The minimum absolute atomic E-state index is 0.0465. The van der Waals surface area contributed by atoms with Gasteiger partial charge in [-0.1, -0.05) is 13.8 Å². The van der Waals surface area contributed by atoms with Gasteiger partial charge < -0.3 is 15.4 Å². The summed E-state index contributed by atoms with van der Waals surface area (Å²) in [4.78, 5) is 11.7. The fraction of sp³-hybridized carbons (Fsp3) is 0.588. The molecule has 0 saturated carbocycles. The van der Waals surface area contributed by atoms with Crippen molar-refractivity contribution in [1.29, 1.82) is 0 Å². The molecule has 1 rings (SSSR count). The molecule has 23 heavy (non-hydrogen) atoms. The van der Waals surface area contributed by atoms with Gasteiger partial charge in [0.2, 0.25) is 0 Å². The number of alkyl carbamates (subject to hydrolysis) is 1. The summed E-state index contributed by atoms with van der Waals surface area (Å²) in [5, 5.41) is 5.61. The van der Waals surface area contributed by atoms with Crippen molar-refractivity contribution in [2.24, 2.45) is 11.8 Å². The third-order valence-corrected chi connectivity index (χ3v) is 3.33. The first-order valence-corrected chi connectivity index (χ1v) is 7.74. The lowest BCUT2D eigenvalue weighted by Crippen LogP contribution is -2.38. The molecule has 0 bridgehead atoms. The van der Waals surface area contributed by atoms with E-state index in [9.17, 15) is 13.6 Å². The first-order chi connectivity index (χ1) is 10.6. The van der Waals surface area contributed by atoms with Crippen LogP contribution in [0.2, 0.25) is 0 Å². The highest BCUT2D eigenvalue weighted by atomic mass is 19.1. The van der Waals surface area contributed by atoms with E-state index in [1.807, 2.05) is 13.8 Å². The lowest BCUT2D eigenvalue weighted by molar-refractivity contribution is 0.0516. The van der Waals surface area contributed by atoms with Crippen LogP contribution >= 0.6 is 0 Å². The van der Waals surface area contributed by atoms with Crippen molar-refractivity contribution in [3.8, 4) is 0 Å². The Bertz CT molecular complexity index is 528. The van der Waals surface area contributed by atoms with Crippen LogP contribution in [0.25, 0.3) is 0 Å². The molecule has 6 heteroatoms. The molecule has 2 N–H and O–H groups in total. The maximum absolute atomic E-state index is 13.6. The number of anilines is 1. The van der Waals surface area contributed by atoms with Crippen molar-refractivity contribution < 1.29 is 18.3 Å². The largest absolute Gasteiger partial charge is 0.444 e. The quantitative estimate of drug-likeness (QED) is 0.824. The highest BCUT2D eigenvalue weighted by Crippen LogP contribution is 2.18. The smallest absolute Gasteiger partial charge is 0.407 e. The van der Waals surface area contributed by atoms with Crippen molar-refractivity contribution in [2.45, 2.75) is 40.2 Å². The van der Waals surface area contributed by atoms with Crippen LogP contribution in [0.4, 0.5) is 19.3 Å². The molecule has 4 nitrogen and oxygen atoms in total. The van der Waals surface area contributed by atoms with E-state index in [1.165, 1.54) is 0 Å². The maximum Gasteiger partial charge on any atom is 0.407 e.